The maximum atomic E-state index is 13.1. The summed E-state index contributed by atoms with van der Waals surface area (Å²) < 4.78 is 0. The Kier molecular flexibility index (Phi) is 7.69. The van der Waals surface area contributed by atoms with Gasteiger partial charge in [0.15, 0.2) is 0 Å². The van der Waals surface area contributed by atoms with Gasteiger partial charge < -0.3 is 10.2 Å². The van der Waals surface area contributed by atoms with Crippen LogP contribution in [-0.4, -0.2) is 29.3 Å². The second-order valence-corrected chi connectivity index (χ2v) is 7.27. The number of benzene rings is 2. The van der Waals surface area contributed by atoms with E-state index in [2.05, 4.69) is 5.32 Å². The van der Waals surface area contributed by atoms with E-state index in [0.29, 0.717) is 22.2 Å². The molecule has 0 aromatic heterocycles. The molecule has 0 aliphatic carbocycles. The molecule has 1 atom stereocenters. The summed E-state index contributed by atoms with van der Waals surface area (Å²) in [5.41, 5.74) is 2.62. The second kappa shape index (κ2) is 9.77. The molecule has 0 saturated carbocycles. The lowest BCUT2D eigenvalue weighted by molar-refractivity contribution is -0.140. The largest absolute Gasteiger partial charge is 0.355 e. The minimum atomic E-state index is -0.644. The molecule has 0 fully saturated rings. The minimum Gasteiger partial charge on any atom is -0.355 e. The smallest absolute Gasteiger partial charge is 0.242 e. The molecule has 0 spiro atoms. The summed E-state index contributed by atoms with van der Waals surface area (Å²) in [4.78, 5) is 27.0. The van der Waals surface area contributed by atoms with Gasteiger partial charge in [0, 0.05) is 28.7 Å². The molecule has 0 aliphatic heterocycles. The van der Waals surface area contributed by atoms with Gasteiger partial charge in [-0.3, -0.25) is 9.59 Å². The number of nitrogens with zero attached hydrogens (tertiary/aromatic N) is 1. The van der Waals surface area contributed by atoms with Gasteiger partial charge in [0.25, 0.3) is 0 Å². The van der Waals surface area contributed by atoms with Crippen LogP contribution in [0.2, 0.25) is 10.0 Å². The van der Waals surface area contributed by atoms with Gasteiger partial charge in [-0.1, -0.05) is 59.1 Å². The van der Waals surface area contributed by atoms with E-state index in [9.17, 15) is 9.59 Å². The van der Waals surface area contributed by atoms with Gasteiger partial charge in [-0.15, -0.1) is 0 Å². The highest BCUT2D eigenvalue weighted by Gasteiger charge is 2.27. The molecule has 0 saturated heterocycles. The van der Waals surface area contributed by atoms with Crippen molar-refractivity contribution in [1.82, 2.24) is 10.2 Å². The van der Waals surface area contributed by atoms with Crippen molar-refractivity contribution in [2.24, 2.45) is 0 Å². The van der Waals surface area contributed by atoms with E-state index in [0.717, 1.165) is 11.1 Å². The number of rotatable bonds is 7. The van der Waals surface area contributed by atoms with Crippen molar-refractivity contribution in [3.63, 3.8) is 0 Å². The number of likely N-dealkylation sites (N-methyl/N-ethyl adjacent to an activating group) is 1. The predicted octanol–water partition coefficient (Wildman–Crippen LogP) is 4.40. The normalized spacial score (nSPS) is 11.7. The number of hydrogen-bond acceptors (Lipinski definition) is 2. The summed E-state index contributed by atoms with van der Waals surface area (Å²) in [5.74, 6) is -0.367. The molecule has 0 aliphatic rings. The molecule has 0 unspecified atom stereocenters. The summed E-state index contributed by atoms with van der Waals surface area (Å²) in [6.45, 7) is 6.20. The highest BCUT2D eigenvalue weighted by molar-refractivity contribution is 6.36. The number of carbonyl (C=O) groups excluding carboxylic acids is 2. The van der Waals surface area contributed by atoms with Gasteiger partial charge in [-0.25, -0.2) is 0 Å². The molecular weight excluding hydrogens is 383 g/mol. The highest BCUT2D eigenvalue weighted by atomic mass is 35.5. The van der Waals surface area contributed by atoms with Crippen LogP contribution in [0.1, 0.15) is 30.5 Å². The number of aryl methyl sites for hydroxylation is 1. The van der Waals surface area contributed by atoms with Gasteiger partial charge in [0.1, 0.15) is 6.04 Å². The zero-order valence-corrected chi connectivity index (χ0v) is 17.3. The number of nitrogens with one attached hydrogen (secondary N) is 1. The molecule has 2 amide bonds. The van der Waals surface area contributed by atoms with E-state index >= 15 is 0 Å². The van der Waals surface area contributed by atoms with Crippen molar-refractivity contribution in [3.05, 3.63) is 69.2 Å². The van der Waals surface area contributed by atoms with Crippen molar-refractivity contribution < 1.29 is 9.59 Å². The Labute approximate surface area is 170 Å². The fraction of sp³-hybridized carbons (Fsp3) is 0.333. The third kappa shape index (κ3) is 5.72. The van der Waals surface area contributed by atoms with Crippen molar-refractivity contribution in [2.75, 3.05) is 6.54 Å². The van der Waals surface area contributed by atoms with Crippen LogP contribution in [0.15, 0.2) is 42.5 Å². The first-order chi connectivity index (χ1) is 12.8. The molecule has 0 radical (unpaired) electrons. The number of carbonyl (C=O) groups is 2. The van der Waals surface area contributed by atoms with Crippen LogP contribution in [-0.2, 0) is 22.6 Å². The van der Waals surface area contributed by atoms with Gasteiger partial charge >= 0.3 is 0 Å². The van der Waals surface area contributed by atoms with Gasteiger partial charge in [-0.2, -0.15) is 0 Å². The van der Waals surface area contributed by atoms with Crippen LogP contribution in [0.25, 0.3) is 0 Å². The van der Waals surface area contributed by atoms with Crippen LogP contribution in [0.5, 0.6) is 0 Å². The Morgan fingerprint density at radius 1 is 1.11 bits per heavy atom. The minimum absolute atomic E-state index is 0.157. The molecule has 2 aromatic carbocycles. The van der Waals surface area contributed by atoms with E-state index in [1.165, 1.54) is 4.90 Å². The topological polar surface area (TPSA) is 49.4 Å². The fourth-order valence-electron chi connectivity index (χ4n) is 2.86. The maximum Gasteiger partial charge on any atom is 0.242 e. The summed E-state index contributed by atoms with van der Waals surface area (Å²) in [7, 11) is 0. The molecule has 0 bridgehead atoms. The first-order valence-corrected chi connectivity index (χ1v) is 9.64. The molecular formula is C21H24Cl2N2O2. The van der Waals surface area contributed by atoms with E-state index in [1.54, 1.807) is 25.1 Å². The third-order valence-corrected chi connectivity index (χ3v) is 5.05. The summed E-state index contributed by atoms with van der Waals surface area (Å²) in [6.07, 6.45) is 0.202. The van der Waals surface area contributed by atoms with Crippen molar-refractivity contribution >= 4 is 35.0 Å². The SMILES string of the molecule is CCNC(=O)[C@@H](C)N(Cc1c(Cl)cccc1Cl)C(=O)Cc1cccc(C)c1. The Morgan fingerprint density at radius 3 is 2.33 bits per heavy atom. The Bertz CT molecular complexity index is 803. The van der Waals surface area contributed by atoms with Gasteiger partial charge in [0.05, 0.1) is 6.42 Å². The molecule has 6 heteroatoms. The van der Waals surface area contributed by atoms with E-state index in [4.69, 9.17) is 23.2 Å². The summed E-state index contributed by atoms with van der Waals surface area (Å²) in [6, 6.07) is 12.3. The maximum absolute atomic E-state index is 13.1. The fourth-order valence-corrected chi connectivity index (χ4v) is 3.37. The van der Waals surface area contributed by atoms with Gasteiger partial charge in [0.2, 0.25) is 11.8 Å². The lowest BCUT2D eigenvalue weighted by atomic mass is 10.1. The highest BCUT2D eigenvalue weighted by Crippen LogP contribution is 2.26. The first kappa shape index (κ1) is 21.3. The molecule has 2 rings (SSSR count). The quantitative estimate of drug-likeness (QED) is 0.740. The second-order valence-electron chi connectivity index (χ2n) is 6.46. The standard InChI is InChI=1S/C21H24Cl2N2O2/c1-4-24-21(27)15(3)25(13-17-18(22)9-6-10-19(17)23)20(26)12-16-8-5-7-14(2)11-16/h5-11,15H,4,12-13H2,1-3H3,(H,24,27)/t15-/m1/s1. The molecule has 144 valence electrons. The van der Waals surface area contributed by atoms with Crippen molar-refractivity contribution in [1.29, 1.82) is 0 Å². The van der Waals surface area contributed by atoms with Crippen LogP contribution >= 0.6 is 23.2 Å². The van der Waals surface area contributed by atoms with Crippen LogP contribution in [0.3, 0.4) is 0 Å². The van der Waals surface area contributed by atoms with Crippen molar-refractivity contribution in [2.45, 2.75) is 39.8 Å². The number of hydrogen-bond donors (Lipinski definition) is 1. The van der Waals surface area contributed by atoms with E-state index in [-0.39, 0.29) is 24.8 Å². The van der Waals surface area contributed by atoms with Crippen molar-refractivity contribution in [3.8, 4) is 0 Å². The molecule has 0 heterocycles. The number of halogens is 2. The zero-order chi connectivity index (χ0) is 20.0. The van der Waals surface area contributed by atoms with Crippen LogP contribution in [0, 0.1) is 6.92 Å². The Morgan fingerprint density at radius 2 is 1.74 bits per heavy atom. The lowest BCUT2D eigenvalue weighted by Gasteiger charge is -2.29. The summed E-state index contributed by atoms with van der Waals surface area (Å²) in [5, 5.41) is 3.71. The average Bonchev–Trinajstić information content (AvgIpc) is 2.61. The lowest BCUT2D eigenvalue weighted by Crippen LogP contribution is -2.48. The predicted molar refractivity (Wildman–Crippen MR) is 110 cm³/mol. The third-order valence-electron chi connectivity index (χ3n) is 4.35. The monoisotopic (exact) mass is 406 g/mol. The molecule has 1 N–H and O–H groups in total. The van der Waals surface area contributed by atoms with Crippen LogP contribution in [0.4, 0.5) is 0 Å². The Hall–Kier alpha value is -2.04. The molecule has 27 heavy (non-hydrogen) atoms. The molecule has 2 aromatic rings. The average molecular weight is 407 g/mol. The molecule has 4 nitrogen and oxygen atoms in total. The van der Waals surface area contributed by atoms with E-state index < -0.39 is 6.04 Å². The van der Waals surface area contributed by atoms with Crippen LogP contribution < -0.4 is 5.32 Å². The number of amides is 2. The zero-order valence-electron chi connectivity index (χ0n) is 15.8. The Balaban J connectivity index is 2.31. The first-order valence-electron chi connectivity index (χ1n) is 8.89. The van der Waals surface area contributed by atoms with Gasteiger partial charge in [-0.05, 0) is 38.5 Å². The van der Waals surface area contributed by atoms with E-state index in [1.807, 2.05) is 38.1 Å². The summed E-state index contributed by atoms with van der Waals surface area (Å²) >= 11 is 12.6.